The standard InChI is InChI=1S/C15H19N3O/c1-7-11(5-10(16)6-17-7)15(19)18-14-12-8-2-3-9(4-8)13(12)14/h5-6,8-9,12-14H,2-4,16H2,1H3,(H,18,19). The van der Waals surface area contributed by atoms with E-state index in [-0.39, 0.29) is 5.91 Å². The summed E-state index contributed by atoms with van der Waals surface area (Å²) in [7, 11) is 0. The van der Waals surface area contributed by atoms with Gasteiger partial charge in [0.1, 0.15) is 0 Å². The number of nitrogen functional groups attached to an aromatic ring is 1. The number of carbonyl (C=O) groups is 1. The number of hydrogen-bond donors (Lipinski definition) is 2. The Morgan fingerprint density at radius 1 is 1.37 bits per heavy atom. The number of nitrogens with one attached hydrogen (secondary N) is 1. The van der Waals surface area contributed by atoms with Crippen molar-refractivity contribution in [2.75, 3.05) is 5.73 Å². The maximum absolute atomic E-state index is 12.3. The first-order valence-electron chi connectivity index (χ1n) is 7.18. The Labute approximate surface area is 112 Å². The van der Waals surface area contributed by atoms with Crippen molar-refractivity contribution < 1.29 is 4.79 Å². The largest absolute Gasteiger partial charge is 0.397 e. The number of pyridine rings is 1. The van der Waals surface area contributed by atoms with Crippen LogP contribution in [0, 0.1) is 30.6 Å². The minimum atomic E-state index is -0.00361. The van der Waals surface area contributed by atoms with Crippen LogP contribution in [-0.4, -0.2) is 16.9 Å². The minimum Gasteiger partial charge on any atom is -0.397 e. The summed E-state index contributed by atoms with van der Waals surface area (Å²) in [6.07, 6.45) is 5.74. The van der Waals surface area contributed by atoms with Gasteiger partial charge in [-0.1, -0.05) is 0 Å². The summed E-state index contributed by atoms with van der Waals surface area (Å²) in [5.74, 6) is 3.27. The molecule has 19 heavy (non-hydrogen) atoms. The molecule has 4 heteroatoms. The Balaban J connectivity index is 1.50. The number of nitrogens with two attached hydrogens (primary N) is 1. The molecule has 100 valence electrons. The normalized spacial score (nSPS) is 38.1. The van der Waals surface area contributed by atoms with Gasteiger partial charge < -0.3 is 11.1 Å². The van der Waals surface area contributed by atoms with Crippen molar-refractivity contribution in [3.63, 3.8) is 0 Å². The number of rotatable bonds is 2. The molecule has 4 rings (SSSR count). The lowest BCUT2D eigenvalue weighted by Gasteiger charge is -2.12. The molecule has 4 unspecified atom stereocenters. The molecule has 3 N–H and O–H groups in total. The molecular formula is C15H19N3O. The molecule has 1 aromatic heterocycles. The Hall–Kier alpha value is -1.58. The van der Waals surface area contributed by atoms with E-state index in [9.17, 15) is 4.79 Å². The van der Waals surface area contributed by atoms with Crippen LogP contribution in [0.4, 0.5) is 5.69 Å². The van der Waals surface area contributed by atoms with Gasteiger partial charge in [-0.15, -0.1) is 0 Å². The van der Waals surface area contributed by atoms with Crippen molar-refractivity contribution in [2.45, 2.75) is 32.2 Å². The van der Waals surface area contributed by atoms with Crippen molar-refractivity contribution in [1.82, 2.24) is 10.3 Å². The van der Waals surface area contributed by atoms with Gasteiger partial charge in [-0.2, -0.15) is 0 Å². The second-order valence-electron chi connectivity index (χ2n) is 6.39. The fourth-order valence-electron chi connectivity index (χ4n) is 4.53. The Morgan fingerprint density at radius 2 is 2.05 bits per heavy atom. The zero-order chi connectivity index (χ0) is 13.1. The highest BCUT2D eigenvalue weighted by Gasteiger charge is 2.65. The third-order valence-corrected chi connectivity index (χ3v) is 5.39. The molecule has 0 saturated heterocycles. The number of aryl methyl sites for hydroxylation is 1. The van der Waals surface area contributed by atoms with E-state index in [1.807, 2.05) is 6.92 Å². The lowest BCUT2D eigenvalue weighted by molar-refractivity contribution is 0.0943. The van der Waals surface area contributed by atoms with Gasteiger partial charge in [-0.3, -0.25) is 9.78 Å². The van der Waals surface area contributed by atoms with Crippen molar-refractivity contribution in [2.24, 2.45) is 23.7 Å². The number of fused-ring (bicyclic) bond motifs is 5. The highest BCUT2D eigenvalue weighted by atomic mass is 16.1. The predicted octanol–water partition coefficient (Wildman–Crippen LogP) is 1.75. The molecule has 4 atom stereocenters. The molecular weight excluding hydrogens is 238 g/mol. The number of aromatic nitrogens is 1. The number of hydrogen-bond acceptors (Lipinski definition) is 3. The van der Waals surface area contributed by atoms with E-state index in [1.165, 1.54) is 19.3 Å². The summed E-state index contributed by atoms with van der Waals surface area (Å²) < 4.78 is 0. The topological polar surface area (TPSA) is 68.0 Å². The van der Waals surface area contributed by atoms with E-state index in [4.69, 9.17) is 5.73 Å². The van der Waals surface area contributed by atoms with Gasteiger partial charge >= 0.3 is 0 Å². The average Bonchev–Trinajstić information content (AvgIpc) is 2.80. The predicted molar refractivity (Wildman–Crippen MR) is 72.5 cm³/mol. The molecule has 3 fully saturated rings. The summed E-state index contributed by atoms with van der Waals surface area (Å²) in [6.45, 7) is 1.85. The van der Waals surface area contributed by atoms with E-state index < -0.39 is 0 Å². The number of nitrogens with zero attached hydrogens (tertiary/aromatic N) is 1. The van der Waals surface area contributed by atoms with Gasteiger partial charge in [-0.05, 0) is 55.9 Å². The van der Waals surface area contributed by atoms with Gasteiger partial charge in [0, 0.05) is 6.04 Å². The van der Waals surface area contributed by atoms with E-state index in [2.05, 4.69) is 10.3 Å². The Kier molecular flexibility index (Phi) is 2.20. The number of carbonyl (C=O) groups excluding carboxylic acids is 1. The summed E-state index contributed by atoms with van der Waals surface area (Å²) in [5, 5.41) is 3.21. The highest BCUT2D eigenvalue weighted by Crippen LogP contribution is 2.65. The number of anilines is 1. The van der Waals surface area contributed by atoms with E-state index in [0.29, 0.717) is 17.3 Å². The molecule has 0 radical (unpaired) electrons. The van der Waals surface area contributed by atoms with Crippen LogP contribution in [0.1, 0.15) is 35.3 Å². The lowest BCUT2D eigenvalue weighted by Crippen LogP contribution is -2.30. The van der Waals surface area contributed by atoms with Gasteiger partial charge in [-0.25, -0.2) is 0 Å². The molecule has 0 aliphatic heterocycles. The molecule has 1 heterocycles. The monoisotopic (exact) mass is 257 g/mol. The quantitative estimate of drug-likeness (QED) is 0.848. The van der Waals surface area contributed by atoms with Crippen molar-refractivity contribution >= 4 is 11.6 Å². The van der Waals surface area contributed by atoms with E-state index >= 15 is 0 Å². The van der Waals surface area contributed by atoms with Crippen LogP contribution in [0.25, 0.3) is 0 Å². The molecule has 1 amide bonds. The zero-order valence-corrected chi connectivity index (χ0v) is 11.1. The Morgan fingerprint density at radius 3 is 2.74 bits per heavy atom. The molecule has 1 aromatic rings. The maximum atomic E-state index is 12.3. The third-order valence-electron chi connectivity index (χ3n) is 5.39. The average molecular weight is 257 g/mol. The second kappa shape index (κ2) is 3.71. The second-order valence-corrected chi connectivity index (χ2v) is 6.39. The van der Waals surface area contributed by atoms with E-state index in [0.717, 1.165) is 29.4 Å². The fraction of sp³-hybridized carbons (Fsp3) is 0.600. The van der Waals surface area contributed by atoms with Crippen molar-refractivity contribution in [3.8, 4) is 0 Å². The van der Waals surface area contributed by atoms with Crippen LogP contribution in [0.15, 0.2) is 12.3 Å². The lowest BCUT2D eigenvalue weighted by atomic mass is 10.0. The summed E-state index contributed by atoms with van der Waals surface area (Å²) in [6, 6.07) is 2.14. The van der Waals surface area contributed by atoms with E-state index in [1.54, 1.807) is 12.3 Å². The van der Waals surface area contributed by atoms with Crippen LogP contribution in [0.5, 0.6) is 0 Å². The molecule has 3 aliphatic rings. The smallest absolute Gasteiger partial charge is 0.253 e. The van der Waals surface area contributed by atoms with Crippen LogP contribution in [0.2, 0.25) is 0 Å². The molecule has 3 aliphatic carbocycles. The maximum Gasteiger partial charge on any atom is 0.253 e. The fourth-order valence-corrected chi connectivity index (χ4v) is 4.53. The molecule has 3 saturated carbocycles. The zero-order valence-electron chi connectivity index (χ0n) is 11.1. The molecule has 0 aromatic carbocycles. The minimum absolute atomic E-state index is 0.00361. The van der Waals surface area contributed by atoms with Gasteiger partial charge in [0.2, 0.25) is 0 Å². The van der Waals surface area contributed by atoms with Gasteiger partial charge in [0.25, 0.3) is 5.91 Å². The van der Waals surface area contributed by atoms with Crippen molar-refractivity contribution in [3.05, 3.63) is 23.5 Å². The summed E-state index contributed by atoms with van der Waals surface area (Å²) in [4.78, 5) is 16.5. The first kappa shape index (κ1) is 11.3. The highest BCUT2D eigenvalue weighted by molar-refractivity contribution is 5.96. The third kappa shape index (κ3) is 1.58. The molecule has 2 bridgehead atoms. The summed E-state index contributed by atoms with van der Waals surface area (Å²) in [5.41, 5.74) is 7.64. The molecule has 4 nitrogen and oxygen atoms in total. The van der Waals surface area contributed by atoms with Crippen LogP contribution in [0.3, 0.4) is 0 Å². The van der Waals surface area contributed by atoms with Crippen LogP contribution < -0.4 is 11.1 Å². The van der Waals surface area contributed by atoms with Gasteiger partial charge in [0.15, 0.2) is 0 Å². The first-order chi connectivity index (χ1) is 9.15. The van der Waals surface area contributed by atoms with Crippen LogP contribution in [-0.2, 0) is 0 Å². The van der Waals surface area contributed by atoms with Crippen molar-refractivity contribution in [1.29, 1.82) is 0 Å². The van der Waals surface area contributed by atoms with Gasteiger partial charge in [0.05, 0.1) is 23.1 Å². The Bertz CT molecular complexity index is 540. The summed E-state index contributed by atoms with van der Waals surface area (Å²) >= 11 is 0. The first-order valence-corrected chi connectivity index (χ1v) is 7.18. The SMILES string of the molecule is Cc1ncc(N)cc1C(=O)NC1C2C3CCC(C3)C12. The number of amides is 1. The molecule has 0 spiro atoms. The van der Waals surface area contributed by atoms with Crippen LogP contribution >= 0.6 is 0 Å².